The number of ether oxygens (including phenoxy) is 1. The van der Waals surface area contributed by atoms with Gasteiger partial charge in [-0.3, -0.25) is 0 Å². The molecule has 0 N–H and O–H groups in total. The SMILES string of the molecule is Cc1nc([N+](=O)[O-])cc(OC(F)(F)F)c1CC#N. The third-order valence-corrected chi connectivity index (χ3v) is 1.95. The Kier molecular flexibility index (Phi) is 3.70. The average Bonchev–Trinajstić information content (AvgIpc) is 2.20. The van der Waals surface area contributed by atoms with E-state index >= 15 is 0 Å². The van der Waals surface area contributed by atoms with Crippen LogP contribution < -0.4 is 4.74 Å². The lowest BCUT2D eigenvalue weighted by molar-refractivity contribution is -0.389. The number of pyridine rings is 1. The molecule has 1 aromatic rings. The summed E-state index contributed by atoms with van der Waals surface area (Å²) >= 11 is 0. The van der Waals surface area contributed by atoms with Gasteiger partial charge in [-0.1, -0.05) is 0 Å². The van der Waals surface area contributed by atoms with Crippen molar-refractivity contribution in [3.05, 3.63) is 27.4 Å². The van der Waals surface area contributed by atoms with Gasteiger partial charge in [0.25, 0.3) is 0 Å². The molecule has 0 aliphatic heterocycles. The molecule has 0 fully saturated rings. The van der Waals surface area contributed by atoms with Gasteiger partial charge in [0.2, 0.25) is 0 Å². The standard InChI is InChI=1S/C9H6F3N3O3/c1-5-6(2-3-13)7(18-9(10,11)12)4-8(14-5)15(16)17/h4H,2H2,1H3. The van der Waals surface area contributed by atoms with E-state index in [0.29, 0.717) is 6.07 Å². The first-order valence-electron chi connectivity index (χ1n) is 4.52. The van der Waals surface area contributed by atoms with Crippen LogP contribution in [0.15, 0.2) is 6.07 Å². The minimum atomic E-state index is -4.99. The number of alkyl halides is 3. The van der Waals surface area contributed by atoms with Crippen LogP contribution in [0.2, 0.25) is 0 Å². The highest BCUT2D eigenvalue weighted by Gasteiger charge is 2.34. The van der Waals surface area contributed by atoms with E-state index in [4.69, 9.17) is 5.26 Å². The molecule has 96 valence electrons. The Balaban J connectivity index is 3.34. The topological polar surface area (TPSA) is 89.1 Å². The maximum Gasteiger partial charge on any atom is 0.573 e. The average molecular weight is 261 g/mol. The second kappa shape index (κ2) is 4.87. The van der Waals surface area contributed by atoms with Gasteiger partial charge in [-0.25, -0.2) is 0 Å². The summed E-state index contributed by atoms with van der Waals surface area (Å²) in [7, 11) is 0. The summed E-state index contributed by atoms with van der Waals surface area (Å²) in [4.78, 5) is 13.0. The molecule has 0 spiro atoms. The third kappa shape index (κ3) is 3.31. The monoisotopic (exact) mass is 261 g/mol. The number of nitro groups is 1. The number of aryl methyl sites for hydroxylation is 1. The minimum Gasteiger partial charge on any atom is -0.405 e. The van der Waals surface area contributed by atoms with Crippen LogP contribution >= 0.6 is 0 Å². The number of hydrogen-bond acceptors (Lipinski definition) is 5. The van der Waals surface area contributed by atoms with E-state index in [0.717, 1.165) is 0 Å². The highest BCUT2D eigenvalue weighted by Crippen LogP contribution is 2.30. The molecule has 1 rings (SSSR count). The van der Waals surface area contributed by atoms with E-state index in [9.17, 15) is 23.3 Å². The zero-order chi connectivity index (χ0) is 13.9. The van der Waals surface area contributed by atoms with E-state index in [1.165, 1.54) is 6.92 Å². The fourth-order valence-corrected chi connectivity index (χ4v) is 1.26. The summed E-state index contributed by atoms with van der Waals surface area (Å²) in [5.41, 5.74) is -0.176. The Morgan fingerprint density at radius 3 is 2.67 bits per heavy atom. The molecule has 0 aliphatic rings. The summed E-state index contributed by atoms with van der Waals surface area (Å²) < 4.78 is 40.1. The van der Waals surface area contributed by atoms with Crippen LogP contribution in [0.5, 0.6) is 5.75 Å². The molecule has 0 saturated heterocycles. The van der Waals surface area contributed by atoms with Crippen LogP contribution in [0.4, 0.5) is 19.0 Å². The predicted molar refractivity (Wildman–Crippen MR) is 51.6 cm³/mol. The smallest absolute Gasteiger partial charge is 0.405 e. The fourth-order valence-electron chi connectivity index (χ4n) is 1.26. The van der Waals surface area contributed by atoms with Gasteiger partial charge in [-0.15, -0.1) is 13.2 Å². The van der Waals surface area contributed by atoms with Crippen LogP contribution in [0.3, 0.4) is 0 Å². The van der Waals surface area contributed by atoms with E-state index in [1.54, 1.807) is 6.07 Å². The van der Waals surface area contributed by atoms with Crippen molar-refractivity contribution in [2.45, 2.75) is 19.7 Å². The number of nitrogens with zero attached hydrogens (tertiary/aromatic N) is 3. The molecule has 0 aliphatic carbocycles. The van der Waals surface area contributed by atoms with Crippen LogP contribution in [-0.4, -0.2) is 16.3 Å². The molecule has 0 aromatic carbocycles. The summed E-state index contributed by atoms with van der Waals surface area (Å²) in [5.74, 6) is -1.54. The zero-order valence-electron chi connectivity index (χ0n) is 8.98. The Labute approximate surface area is 98.8 Å². The van der Waals surface area contributed by atoms with Crippen molar-refractivity contribution < 1.29 is 22.8 Å². The lowest BCUT2D eigenvalue weighted by atomic mass is 10.1. The van der Waals surface area contributed by atoms with Gasteiger partial charge in [0.05, 0.1) is 24.1 Å². The number of rotatable bonds is 3. The van der Waals surface area contributed by atoms with E-state index in [-0.39, 0.29) is 17.7 Å². The first-order valence-corrected chi connectivity index (χ1v) is 4.52. The quantitative estimate of drug-likeness (QED) is 0.615. The van der Waals surface area contributed by atoms with Crippen molar-refractivity contribution in [2.75, 3.05) is 0 Å². The summed E-state index contributed by atoms with van der Waals surface area (Å²) in [6.45, 7) is 1.27. The van der Waals surface area contributed by atoms with Gasteiger partial charge in [0, 0.05) is 6.92 Å². The summed E-state index contributed by atoms with van der Waals surface area (Å²) in [6, 6.07) is 2.19. The van der Waals surface area contributed by atoms with E-state index in [2.05, 4.69) is 9.72 Å². The first-order chi connectivity index (χ1) is 8.24. The maximum atomic E-state index is 12.1. The predicted octanol–water partition coefficient (Wildman–Crippen LogP) is 2.26. The highest BCUT2D eigenvalue weighted by molar-refractivity contribution is 5.44. The molecule has 6 nitrogen and oxygen atoms in total. The van der Waals surface area contributed by atoms with Crippen molar-refractivity contribution in [2.24, 2.45) is 0 Å². The second-order valence-corrected chi connectivity index (χ2v) is 3.18. The van der Waals surface area contributed by atoms with E-state index in [1.807, 2.05) is 0 Å². The van der Waals surface area contributed by atoms with Crippen molar-refractivity contribution in [3.8, 4) is 11.8 Å². The van der Waals surface area contributed by atoms with Crippen LogP contribution in [-0.2, 0) is 6.42 Å². The van der Waals surface area contributed by atoms with Gasteiger partial charge in [0.1, 0.15) is 5.75 Å². The lowest BCUT2D eigenvalue weighted by Crippen LogP contribution is -2.19. The third-order valence-electron chi connectivity index (χ3n) is 1.95. The van der Waals surface area contributed by atoms with Crippen molar-refractivity contribution in [3.63, 3.8) is 0 Å². The van der Waals surface area contributed by atoms with Crippen molar-refractivity contribution in [1.29, 1.82) is 5.26 Å². The zero-order valence-corrected chi connectivity index (χ0v) is 8.98. The Hall–Kier alpha value is -2.37. The maximum absolute atomic E-state index is 12.1. The van der Waals surface area contributed by atoms with Crippen LogP contribution in [0.1, 0.15) is 11.3 Å². The molecule has 9 heteroatoms. The molecular weight excluding hydrogens is 255 g/mol. The number of nitriles is 1. The number of hydrogen-bond donors (Lipinski definition) is 0. The fraction of sp³-hybridized carbons (Fsp3) is 0.333. The Morgan fingerprint density at radius 1 is 1.61 bits per heavy atom. The van der Waals surface area contributed by atoms with E-state index < -0.39 is 22.9 Å². The van der Waals surface area contributed by atoms with Crippen molar-refractivity contribution in [1.82, 2.24) is 4.98 Å². The molecule has 0 atom stereocenters. The van der Waals surface area contributed by atoms with Gasteiger partial charge in [-0.05, 0) is 9.91 Å². The number of halogens is 3. The largest absolute Gasteiger partial charge is 0.573 e. The summed E-state index contributed by atoms with van der Waals surface area (Å²) in [6.07, 6.45) is -5.38. The molecule has 1 aromatic heterocycles. The normalized spacial score (nSPS) is 10.8. The second-order valence-electron chi connectivity index (χ2n) is 3.18. The van der Waals surface area contributed by atoms with Gasteiger partial charge < -0.3 is 14.9 Å². The lowest BCUT2D eigenvalue weighted by Gasteiger charge is -2.11. The molecule has 18 heavy (non-hydrogen) atoms. The minimum absolute atomic E-state index is 0.0509. The molecule has 0 amide bonds. The first kappa shape index (κ1) is 13.7. The summed E-state index contributed by atoms with van der Waals surface area (Å²) in [5, 5.41) is 19.0. The molecular formula is C9H6F3N3O3. The Morgan fingerprint density at radius 2 is 2.22 bits per heavy atom. The number of aromatic nitrogens is 1. The molecule has 0 unspecified atom stereocenters. The van der Waals surface area contributed by atoms with Gasteiger partial charge in [0.15, 0.2) is 5.69 Å². The van der Waals surface area contributed by atoms with Gasteiger partial charge in [-0.2, -0.15) is 5.26 Å². The van der Waals surface area contributed by atoms with Crippen LogP contribution in [0.25, 0.3) is 0 Å². The molecule has 0 radical (unpaired) electrons. The highest BCUT2D eigenvalue weighted by atomic mass is 19.4. The molecule has 0 bridgehead atoms. The molecule has 1 heterocycles. The molecule has 0 saturated carbocycles. The van der Waals surface area contributed by atoms with Crippen LogP contribution in [0, 0.1) is 28.4 Å². The Bertz CT molecular complexity index is 522. The van der Waals surface area contributed by atoms with Crippen molar-refractivity contribution >= 4 is 5.82 Å². The van der Waals surface area contributed by atoms with Gasteiger partial charge >= 0.3 is 12.2 Å².